The van der Waals surface area contributed by atoms with Crippen molar-refractivity contribution in [3.05, 3.63) is 35.4 Å². The van der Waals surface area contributed by atoms with E-state index in [1.807, 2.05) is 11.8 Å². The molecule has 1 aromatic carbocycles. The van der Waals surface area contributed by atoms with Crippen LogP contribution in [0.1, 0.15) is 49.9 Å². The van der Waals surface area contributed by atoms with Crippen molar-refractivity contribution in [3.8, 4) is 0 Å². The van der Waals surface area contributed by atoms with E-state index in [4.69, 9.17) is 0 Å². The molecule has 21 heavy (non-hydrogen) atoms. The van der Waals surface area contributed by atoms with Crippen LogP contribution in [0.2, 0.25) is 0 Å². The van der Waals surface area contributed by atoms with Gasteiger partial charge in [0.15, 0.2) is 0 Å². The van der Waals surface area contributed by atoms with Crippen molar-refractivity contribution in [1.82, 2.24) is 10.2 Å². The molecule has 4 heteroatoms. The van der Waals surface area contributed by atoms with Crippen LogP contribution in [0.3, 0.4) is 0 Å². The van der Waals surface area contributed by atoms with E-state index < -0.39 is 0 Å². The van der Waals surface area contributed by atoms with Crippen LogP contribution < -0.4 is 5.32 Å². The average Bonchev–Trinajstić information content (AvgIpc) is 2.90. The molecule has 2 unspecified atom stereocenters. The molecule has 2 saturated heterocycles. The Bertz CT molecular complexity index is 494. The highest BCUT2D eigenvalue weighted by atomic mass is 32.2. The highest BCUT2D eigenvalue weighted by Gasteiger charge is 2.37. The van der Waals surface area contributed by atoms with E-state index in [9.17, 15) is 4.79 Å². The van der Waals surface area contributed by atoms with Crippen LogP contribution in [0.4, 0.5) is 0 Å². The maximum absolute atomic E-state index is 12.3. The fraction of sp³-hybridized carbons (Fsp3) is 0.588. The van der Waals surface area contributed by atoms with Crippen LogP contribution in [0.5, 0.6) is 0 Å². The van der Waals surface area contributed by atoms with E-state index >= 15 is 0 Å². The maximum atomic E-state index is 12.3. The Kier molecular flexibility index (Phi) is 4.55. The van der Waals surface area contributed by atoms with E-state index in [0.29, 0.717) is 18.5 Å². The number of benzene rings is 1. The molecule has 1 N–H and O–H groups in total. The van der Waals surface area contributed by atoms with Crippen LogP contribution in [-0.4, -0.2) is 34.9 Å². The third kappa shape index (κ3) is 3.11. The predicted molar refractivity (Wildman–Crippen MR) is 88.5 cm³/mol. The first-order valence-corrected chi connectivity index (χ1v) is 9.04. The summed E-state index contributed by atoms with van der Waals surface area (Å²) in [5, 5.41) is 3.39. The Hall–Kier alpha value is -1.00. The van der Waals surface area contributed by atoms with Crippen LogP contribution in [0.25, 0.3) is 0 Å². The van der Waals surface area contributed by atoms with Gasteiger partial charge in [0.1, 0.15) is 6.17 Å². The second-order valence-electron chi connectivity index (χ2n) is 6.28. The van der Waals surface area contributed by atoms with Crippen molar-refractivity contribution in [2.24, 2.45) is 0 Å². The maximum Gasteiger partial charge on any atom is 0.238 e. The van der Waals surface area contributed by atoms with Gasteiger partial charge in [0.2, 0.25) is 5.91 Å². The van der Waals surface area contributed by atoms with E-state index in [1.54, 1.807) is 0 Å². The lowest BCUT2D eigenvalue weighted by Crippen LogP contribution is -2.42. The van der Waals surface area contributed by atoms with E-state index in [1.165, 1.54) is 23.3 Å². The Morgan fingerprint density at radius 1 is 1.29 bits per heavy atom. The second kappa shape index (κ2) is 6.41. The highest BCUT2D eigenvalue weighted by molar-refractivity contribution is 7.99. The third-order valence-corrected chi connectivity index (χ3v) is 5.66. The molecule has 0 bridgehead atoms. The predicted octanol–water partition coefficient (Wildman–Crippen LogP) is 3.14. The molecule has 2 aliphatic rings. The molecule has 2 heterocycles. The zero-order valence-electron chi connectivity index (χ0n) is 12.8. The van der Waals surface area contributed by atoms with Gasteiger partial charge in [-0.1, -0.05) is 38.1 Å². The molecule has 0 aliphatic carbocycles. The Labute approximate surface area is 131 Å². The standard InChI is InChI=1S/C17H24N2OS/c1-12(2)13-5-7-14(8-6-13)17-18-10-16(20)19(17)15-4-3-9-21-11-15/h5-8,12,15,17-18H,3-4,9-11H2,1-2H3. The summed E-state index contributed by atoms with van der Waals surface area (Å²) in [6.45, 7) is 4.88. The Morgan fingerprint density at radius 2 is 2.05 bits per heavy atom. The molecular weight excluding hydrogens is 280 g/mol. The number of thioether (sulfide) groups is 1. The summed E-state index contributed by atoms with van der Waals surface area (Å²) in [4.78, 5) is 14.4. The number of amides is 1. The number of nitrogens with zero attached hydrogens (tertiary/aromatic N) is 1. The second-order valence-corrected chi connectivity index (χ2v) is 7.43. The molecule has 114 valence electrons. The lowest BCUT2D eigenvalue weighted by Gasteiger charge is -2.35. The molecule has 3 nitrogen and oxygen atoms in total. The van der Waals surface area contributed by atoms with Crippen molar-refractivity contribution in [3.63, 3.8) is 0 Å². The van der Waals surface area contributed by atoms with E-state index in [2.05, 4.69) is 48.3 Å². The van der Waals surface area contributed by atoms with Crippen LogP contribution >= 0.6 is 11.8 Å². The van der Waals surface area contributed by atoms with Crippen molar-refractivity contribution in [2.75, 3.05) is 18.1 Å². The molecule has 0 saturated carbocycles. The van der Waals surface area contributed by atoms with Crippen molar-refractivity contribution >= 4 is 17.7 Å². The largest absolute Gasteiger partial charge is 0.318 e. The summed E-state index contributed by atoms with van der Waals surface area (Å²) in [5.41, 5.74) is 2.56. The number of carbonyl (C=O) groups excluding carboxylic acids is 1. The number of rotatable bonds is 3. The molecule has 0 aromatic heterocycles. The fourth-order valence-corrected chi connectivity index (χ4v) is 4.35. The highest BCUT2D eigenvalue weighted by Crippen LogP contribution is 2.31. The van der Waals surface area contributed by atoms with Gasteiger partial charge < -0.3 is 4.90 Å². The Balaban J connectivity index is 1.80. The molecule has 3 rings (SSSR count). The van der Waals surface area contributed by atoms with E-state index in [-0.39, 0.29) is 12.1 Å². The molecule has 1 aromatic rings. The minimum absolute atomic E-state index is 0.0578. The first-order chi connectivity index (χ1) is 10.2. The normalized spacial score (nSPS) is 26.6. The molecular formula is C17H24N2OS. The minimum atomic E-state index is 0.0578. The van der Waals surface area contributed by atoms with Gasteiger partial charge in [-0.3, -0.25) is 10.1 Å². The van der Waals surface area contributed by atoms with Gasteiger partial charge in [-0.2, -0.15) is 11.8 Å². The minimum Gasteiger partial charge on any atom is -0.318 e. The zero-order valence-corrected chi connectivity index (χ0v) is 13.7. The first-order valence-electron chi connectivity index (χ1n) is 7.89. The SMILES string of the molecule is CC(C)c1ccc(C2NCC(=O)N2C2CCCSC2)cc1. The zero-order chi connectivity index (χ0) is 14.8. The average molecular weight is 304 g/mol. The third-order valence-electron chi connectivity index (χ3n) is 4.46. The van der Waals surface area contributed by atoms with Gasteiger partial charge in [-0.25, -0.2) is 0 Å². The number of hydrogen-bond donors (Lipinski definition) is 1. The molecule has 1 amide bonds. The van der Waals surface area contributed by atoms with Crippen LogP contribution in [-0.2, 0) is 4.79 Å². The smallest absolute Gasteiger partial charge is 0.238 e. The van der Waals surface area contributed by atoms with Crippen molar-refractivity contribution < 1.29 is 4.79 Å². The van der Waals surface area contributed by atoms with Gasteiger partial charge in [0.25, 0.3) is 0 Å². The monoisotopic (exact) mass is 304 g/mol. The van der Waals surface area contributed by atoms with Crippen molar-refractivity contribution in [1.29, 1.82) is 0 Å². The lowest BCUT2D eigenvalue weighted by molar-refractivity contribution is -0.130. The van der Waals surface area contributed by atoms with Crippen molar-refractivity contribution in [2.45, 2.75) is 44.8 Å². The molecule has 0 spiro atoms. The first kappa shape index (κ1) is 14.9. The number of hydrogen-bond acceptors (Lipinski definition) is 3. The van der Waals surface area contributed by atoms with E-state index in [0.717, 1.165) is 12.2 Å². The van der Waals surface area contributed by atoms with Crippen LogP contribution in [0, 0.1) is 0 Å². The summed E-state index contributed by atoms with van der Waals surface area (Å²) in [6.07, 6.45) is 2.42. The summed E-state index contributed by atoms with van der Waals surface area (Å²) >= 11 is 1.97. The van der Waals surface area contributed by atoms with Gasteiger partial charge in [0.05, 0.1) is 6.54 Å². The molecule has 2 aliphatic heterocycles. The molecule has 0 radical (unpaired) electrons. The van der Waals surface area contributed by atoms with Crippen LogP contribution in [0.15, 0.2) is 24.3 Å². The quantitative estimate of drug-likeness (QED) is 0.931. The van der Waals surface area contributed by atoms with Gasteiger partial charge >= 0.3 is 0 Å². The summed E-state index contributed by atoms with van der Waals surface area (Å²) < 4.78 is 0. The Morgan fingerprint density at radius 3 is 2.67 bits per heavy atom. The molecule has 2 fully saturated rings. The summed E-state index contributed by atoms with van der Waals surface area (Å²) in [6, 6.07) is 9.13. The number of nitrogens with one attached hydrogen (secondary N) is 1. The van der Waals surface area contributed by atoms with Gasteiger partial charge in [0, 0.05) is 11.8 Å². The van der Waals surface area contributed by atoms with Gasteiger partial charge in [-0.15, -0.1) is 0 Å². The topological polar surface area (TPSA) is 32.3 Å². The van der Waals surface area contributed by atoms with Gasteiger partial charge in [-0.05, 0) is 35.6 Å². The summed E-state index contributed by atoms with van der Waals surface area (Å²) in [7, 11) is 0. The fourth-order valence-electron chi connectivity index (χ4n) is 3.22. The molecule has 2 atom stereocenters. The summed E-state index contributed by atoms with van der Waals surface area (Å²) in [5.74, 6) is 3.11. The lowest BCUT2D eigenvalue weighted by atomic mass is 10.0. The number of carbonyl (C=O) groups is 1.